The van der Waals surface area contributed by atoms with Gasteiger partial charge in [-0.1, -0.05) is 41.1 Å². The van der Waals surface area contributed by atoms with Gasteiger partial charge in [0.1, 0.15) is 5.75 Å². The Kier molecular flexibility index (Phi) is 4.63. The molecule has 0 aliphatic carbocycles. The molecule has 2 aromatic carbocycles. The first kappa shape index (κ1) is 15.6. The third-order valence-corrected chi connectivity index (χ3v) is 4.13. The molecular formula is C19H16BrNO2. The number of benzene rings is 2. The Labute approximate surface area is 143 Å². The fourth-order valence-corrected chi connectivity index (χ4v) is 2.80. The first-order valence-corrected chi connectivity index (χ1v) is 8.20. The summed E-state index contributed by atoms with van der Waals surface area (Å²) in [6.07, 6.45) is 5.91. The van der Waals surface area contributed by atoms with Gasteiger partial charge in [0, 0.05) is 21.3 Å². The SMILES string of the molecule is CCc1ccccc1NC(=O)C1=Cc2cc(Br)ccc2OC=C1. The highest BCUT2D eigenvalue weighted by Gasteiger charge is 2.13. The second kappa shape index (κ2) is 6.84. The monoisotopic (exact) mass is 369 g/mol. The molecule has 0 unspecified atom stereocenters. The van der Waals surface area contributed by atoms with Crippen LogP contribution in [-0.4, -0.2) is 5.91 Å². The van der Waals surface area contributed by atoms with Gasteiger partial charge in [0.05, 0.1) is 6.26 Å². The molecule has 1 heterocycles. The fourth-order valence-electron chi connectivity index (χ4n) is 2.42. The zero-order valence-electron chi connectivity index (χ0n) is 12.7. The highest BCUT2D eigenvalue weighted by atomic mass is 79.9. The number of halogens is 1. The van der Waals surface area contributed by atoms with Gasteiger partial charge >= 0.3 is 0 Å². The molecule has 0 saturated carbocycles. The van der Waals surface area contributed by atoms with Crippen LogP contribution in [-0.2, 0) is 11.2 Å². The lowest BCUT2D eigenvalue weighted by atomic mass is 10.1. The van der Waals surface area contributed by atoms with E-state index in [9.17, 15) is 4.79 Å². The van der Waals surface area contributed by atoms with Crippen LogP contribution in [0.5, 0.6) is 5.75 Å². The van der Waals surface area contributed by atoms with Crippen molar-refractivity contribution in [1.82, 2.24) is 0 Å². The largest absolute Gasteiger partial charge is 0.464 e. The quantitative estimate of drug-likeness (QED) is 0.831. The summed E-state index contributed by atoms with van der Waals surface area (Å²) in [5.41, 5.74) is 3.36. The maximum absolute atomic E-state index is 12.6. The van der Waals surface area contributed by atoms with Crippen molar-refractivity contribution in [3.63, 3.8) is 0 Å². The molecule has 3 nitrogen and oxygen atoms in total. The summed E-state index contributed by atoms with van der Waals surface area (Å²) in [5.74, 6) is 0.569. The van der Waals surface area contributed by atoms with Gasteiger partial charge in [-0.05, 0) is 48.4 Å². The molecule has 0 fully saturated rings. The number of carbonyl (C=O) groups is 1. The number of aryl methyl sites for hydroxylation is 1. The molecule has 1 N–H and O–H groups in total. The summed E-state index contributed by atoms with van der Waals surface area (Å²) in [5, 5.41) is 2.98. The van der Waals surface area contributed by atoms with Crippen LogP contribution < -0.4 is 10.1 Å². The number of hydrogen-bond acceptors (Lipinski definition) is 2. The summed E-state index contributed by atoms with van der Waals surface area (Å²) >= 11 is 3.44. The van der Waals surface area contributed by atoms with Crippen molar-refractivity contribution in [2.75, 3.05) is 5.32 Å². The molecular weight excluding hydrogens is 354 g/mol. The van der Waals surface area contributed by atoms with Gasteiger partial charge in [-0.15, -0.1) is 0 Å². The number of carbonyl (C=O) groups excluding carboxylic acids is 1. The predicted molar refractivity (Wildman–Crippen MR) is 96.3 cm³/mol. The molecule has 1 amide bonds. The lowest BCUT2D eigenvalue weighted by Crippen LogP contribution is -2.14. The molecule has 0 bridgehead atoms. The van der Waals surface area contributed by atoms with Crippen molar-refractivity contribution in [3.05, 3.63) is 76.0 Å². The number of fused-ring (bicyclic) bond motifs is 1. The molecule has 1 aliphatic heterocycles. The van der Waals surface area contributed by atoms with Crippen LogP contribution in [0.4, 0.5) is 5.69 Å². The molecule has 3 rings (SSSR count). The predicted octanol–water partition coefficient (Wildman–Crippen LogP) is 4.94. The number of rotatable bonds is 3. The molecule has 0 atom stereocenters. The number of anilines is 1. The van der Waals surface area contributed by atoms with Crippen molar-refractivity contribution in [3.8, 4) is 5.75 Å². The van der Waals surface area contributed by atoms with Crippen molar-refractivity contribution < 1.29 is 9.53 Å². The Hall–Kier alpha value is -2.33. The van der Waals surface area contributed by atoms with Gasteiger partial charge in [0.2, 0.25) is 0 Å². The zero-order valence-corrected chi connectivity index (χ0v) is 14.3. The van der Waals surface area contributed by atoms with E-state index >= 15 is 0 Å². The minimum atomic E-state index is -0.154. The minimum Gasteiger partial charge on any atom is -0.464 e. The van der Waals surface area contributed by atoms with Gasteiger partial charge in [-0.2, -0.15) is 0 Å². The molecule has 4 heteroatoms. The minimum absolute atomic E-state index is 0.154. The highest BCUT2D eigenvalue weighted by molar-refractivity contribution is 9.10. The summed E-state index contributed by atoms with van der Waals surface area (Å²) in [4.78, 5) is 12.6. The Morgan fingerprint density at radius 1 is 1.22 bits per heavy atom. The van der Waals surface area contributed by atoms with Gasteiger partial charge in [-0.3, -0.25) is 4.79 Å². The standard InChI is InChI=1S/C19H16BrNO2/c1-2-13-5-3-4-6-17(13)21-19(22)14-9-10-23-18-8-7-16(20)12-15(18)11-14/h3-12H,2H2,1H3,(H,21,22). The average molecular weight is 370 g/mol. The summed E-state index contributed by atoms with van der Waals surface area (Å²) in [7, 11) is 0. The van der Waals surface area contributed by atoms with E-state index in [2.05, 4.69) is 28.2 Å². The Morgan fingerprint density at radius 3 is 2.87 bits per heavy atom. The van der Waals surface area contributed by atoms with Crippen molar-refractivity contribution in [2.45, 2.75) is 13.3 Å². The smallest absolute Gasteiger partial charge is 0.255 e. The molecule has 0 aromatic heterocycles. The normalized spacial score (nSPS) is 12.7. The third kappa shape index (κ3) is 3.54. The molecule has 0 saturated heterocycles. The average Bonchev–Trinajstić information content (AvgIpc) is 2.77. The van der Waals surface area contributed by atoms with E-state index in [1.807, 2.05) is 48.5 Å². The van der Waals surface area contributed by atoms with E-state index in [4.69, 9.17) is 4.74 Å². The maximum Gasteiger partial charge on any atom is 0.255 e. The van der Waals surface area contributed by atoms with Crippen LogP contribution >= 0.6 is 15.9 Å². The summed E-state index contributed by atoms with van der Waals surface area (Å²) < 4.78 is 6.48. The maximum atomic E-state index is 12.6. The van der Waals surface area contributed by atoms with Crippen LogP contribution in [0.2, 0.25) is 0 Å². The van der Waals surface area contributed by atoms with Crippen molar-refractivity contribution in [2.24, 2.45) is 0 Å². The van der Waals surface area contributed by atoms with E-state index in [-0.39, 0.29) is 5.91 Å². The topological polar surface area (TPSA) is 38.3 Å². The van der Waals surface area contributed by atoms with Crippen LogP contribution in [0.1, 0.15) is 18.1 Å². The first-order valence-electron chi connectivity index (χ1n) is 7.41. The Balaban J connectivity index is 1.90. The lowest BCUT2D eigenvalue weighted by molar-refractivity contribution is -0.112. The first-order chi connectivity index (χ1) is 11.2. The van der Waals surface area contributed by atoms with Crippen molar-refractivity contribution >= 4 is 33.6 Å². The van der Waals surface area contributed by atoms with Crippen LogP contribution in [0.3, 0.4) is 0 Å². The molecule has 0 radical (unpaired) electrons. The van der Waals surface area contributed by atoms with Gasteiger partial charge < -0.3 is 10.1 Å². The van der Waals surface area contributed by atoms with E-state index < -0.39 is 0 Å². The molecule has 2 aromatic rings. The number of para-hydroxylation sites is 1. The summed E-state index contributed by atoms with van der Waals surface area (Å²) in [6, 6.07) is 13.5. The van der Waals surface area contributed by atoms with E-state index in [1.165, 1.54) is 6.26 Å². The molecule has 116 valence electrons. The number of hydrogen-bond donors (Lipinski definition) is 1. The van der Waals surface area contributed by atoms with Crippen LogP contribution in [0.15, 0.2) is 64.8 Å². The number of nitrogens with one attached hydrogen (secondary N) is 1. The van der Waals surface area contributed by atoms with Crippen LogP contribution in [0, 0.1) is 0 Å². The van der Waals surface area contributed by atoms with E-state index in [0.717, 1.165) is 33.5 Å². The van der Waals surface area contributed by atoms with E-state index in [1.54, 1.807) is 6.08 Å². The van der Waals surface area contributed by atoms with Crippen LogP contribution in [0.25, 0.3) is 6.08 Å². The lowest BCUT2D eigenvalue weighted by Gasteiger charge is -2.10. The van der Waals surface area contributed by atoms with Gasteiger partial charge in [-0.25, -0.2) is 0 Å². The van der Waals surface area contributed by atoms with Crippen molar-refractivity contribution in [1.29, 1.82) is 0 Å². The van der Waals surface area contributed by atoms with Gasteiger partial charge in [0.15, 0.2) is 0 Å². The molecule has 23 heavy (non-hydrogen) atoms. The van der Waals surface area contributed by atoms with Gasteiger partial charge in [0.25, 0.3) is 5.91 Å². The number of amides is 1. The zero-order chi connectivity index (χ0) is 16.2. The second-order valence-corrected chi connectivity index (χ2v) is 6.08. The second-order valence-electron chi connectivity index (χ2n) is 5.17. The third-order valence-electron chi connectivity index (χ3n) is 3.63. The van der Waals surface area contributed by atoms with E-state index in [0.29, 0.717) is 5.57 Å². The molecule has 0 spiro atoms. The number of ether oxygens (including phenoxy) is 1. The Bertz CT molecular complexity index is 809. The summed E-state index contributed by atoms with van der Waals surface area (Å²) in [6.45, 7) is 2.07. The Morgan fingerprint density at radius 2 is 2.04 bits per heavy atom. The fraction of sp³-hybridized carbons (Fsp3) is 0.105. The molecule has 1 aliphatic rings. The highest BCUT2D eigenvalue weighted by Crippen LogP contribution is 2.28.